The van der Waals surface area contributed by atoms with E-state index in [9.17, 15) is 14.7 Å². The highest BCUT2D eigenvalue weighted by Gasteiger charge is 2.27. The first-order valence-corrected chi connectivity index (χ1v) is 7.31. The molecule has 2 aliphatic heterocycles. The summed E-state index contributed by atoms with van der Waals surface area (Å²) in [6.07, 6.45) is 3.56. The highest BCUT2D eigenvalue weighted by molar-refractivity contribution is 5.80. The highest BCUT2D eigenvalue weighted by Crippen LogP contribution is 2.20. The van der Waals surface area contributed by atoms with Gasteiger partial charge in [0.15, 0.2) is 0 Å². The predicted molar refractivity (Wildman–Crippen MR) is 71.4 cm³/mol. The molecule has 0 bridgehead atoms. The van der Waals surface area contributed by atoms with Gasteiger partial charge in [-0.15, -0.1) is 0 Å². The molecule has 2 unspecified atom stereocenters. The lowest BCUT2D eigenvalue weighted by Gasteiger charge is -2.34. The number of carbonyl (C=O) groups excluding carboxylic acids is 2. The Morgan fingerprint density at radius 1 is 1.42 bits per heavy atom. The van der Waals surface area contributed by atoms with Gasteiger partial charge in [0.2, 0.25) is 11.8 Å². The van der Waals surface area contributed by atoms with E-state index >= 15 is 0 Å². The Hall–Kier alpha value is -1.10. The molecule has 0 spiro atoms. The number of nitrogens with zero attached hydrogens (tertiary/aromatic N) is 2. The SMILES string of the molecule is CC(O)C1CCCN(C(=O)CCN2CCCC2=O)C1. The van der Waals surface area contributed by atoms with Crippen LogP contribution in [0, 0.1) is 5.92 Å². The molecule has 0 aromatic heterocycles. The van der Waals surface area contributed by atoms with Crippen molar-refractivity contribution in [2.45, 2.75) is 45.1 Å². The zero-order valence-electron chi connectivity index (χ0n) is 11.7. The van der Waals surface area contributed by atoms with Crippen LogP contribution in [-0.2, 0) is 9.59 Å². The monoisotopic (exact) mass is 268 g/mol. The number of aliphatic hydroxyl groups is 1. The van der Waals surface area contributed by atoms with Crippen molar-refractivity contribution in [1.29, 1.82) is 0 Å². The van der Waals surface area contributed by atoms with Crippen molar-refractivity contribution in [3.05, 3.63) is 0 Å². The van der Waals surface area contributed by atoms with E-state index in [0.29, 0.717) is 25.9 Å². The summed E-state index contributed by atoms with van der Waals surface area (Å²) in [5.74, 6) is 0.490. The Morgan fingerprint density at radius 2 is 2.21 bits per heavy atom. The summed E-state index contributed by atoms with van der Waals surface area (Å²) in [5.41, 5.74) is 0. The largest absolute Gasteiger partial charge is 0.393 e. The first kappa shape index (κ1) is 14.3. The Labute approximate surface area is 114 Å². The van der Waals surface area contributed by atoms with Gasteiger partial charge in [-0.05, 0) is 26.2 Å². The van der Waals surface area contributed by atoms with Crippen LogP contribution in [0.1, 0.15) is 39.0 Å². The molecular formula is C14H24N2O3. The first-order valence-electron chi connectivity index (χ1n) is 7.31. The van der Waals surface area contributed by atoms with Crippen LogP contribution in [-0.4, -0.2) is 59.0 Å². The third kappa shape index (κ3) is 3.69. The van der Waals surface area contributed by atoms with Gasteiger partial charge in [0.25, 0.3) is 0 Å². The van der Waals surface area contributed by atoms with Crippen molar-refractivity contribution >= 4 is 11.8 Å². The summed E-state index contributed by atoms with van der Waals surface area (Å²) in [7, 11) is 0. The second-order valence-corrected chi connectivity index (χ2v) is 5.72. The van der Waals surface area contributed by atoms with Crippen LogP contribution in [0.15, 0.2) is 0 Å². The van der Waals surface area contributed by atoms with Gasteiger partial charge in [-0.1, -0.05) is 0 Å². The predicted octanol–water partition coefficient (Wildman–Crippen LogP) is 0.618. The smallest absolute Gasteiger partial charge is 0.224 e. The summed E-state index contributed by atoms with van der Waals surface area (Å²) in [5, 5.41) is 9.62. The normalized spacial score (nSPS) is 25.8. The molecule has 2 amide bonds. The third-order valence-corrected chi connectivity index (χ3v) is 4.26. The molecule has 0 radical (unpaired) electrons. The minimum Gasteiger partial charge on any atom is -0.393 e. The lowest BCUT2D eigenvalue weighted by atomic mass is 9.93. The maximum Gasteiger partial charge on any atom is 0.224 e. The lowest BCUT2D eigenvalue weighted by Crippen LogP contribution is -2.44. The van der Waals surface area contributed by atoms with E-state index in [1.54, 1.807) is 11.8 Å². The summed E-state index contributed by atoms with van der Waals surface area (Å²) in [4.78, 5) is 27.2. The van der Waals surface area contributed by atoms with E-state index in [-0.39, 0.29) is 23.8 Å². The number of likely N-dealkylation sites (tertiary alicyclic amines) is 2. The van der Waals surface area contributed by atoms with Crippen molar-refractivity contribution < 1.29 is 14.7 Å². The topological polar surface area (TPSA) is 60.9 Å². The summed E-state index contributed by atoms with van der Waals surface area (Å²) >= 11 is 0. The molecule has 2 saturated heterocycles. The summed E-state index contributed by atoms with van der Waals surface area (Å²) < 4.78 is 0. The summed E-state index contributed by atoms with van der Waals surface area (Å²) in [6.45, 7) is 4.58. The Balaban J connectivity index is 1.77. The lowest BCUT2D eigenvalue weighted by molar-refractivity contribution is -0.135. The summed E-state index contributed by atoms with van der Waals surface area (Å²) in [6, 6.07) is 0. The fourth-order valence-corrected chi connectivity index (χ4v) is 2.96. The van der Waals surface area contributed by atoms with Crippen LogP contribution in [0.5, 0.6) is 0 Å². The van der Waals surface area contributed by atoms with Crippen LogP contribution in [0.4, 0.5) is 0 Å². The van der Waals surface area contributed by atoms with Crippen molar-refractivity contribution in [3.63, 3.8) is 0 Å². The van der Waals surface area contributed by atoms with Gasteiger partial charge in [0, 0.05) is 44.9 Å². The molecule has 2 aliphatic rings. The van der Waals surface area contributed by atoms with Crippen LogP contribution in [0.2, 0.25) is 0 Å². The number of piperidine rings is 1. The molecule has 2 fully saturated rings. The zero-order valence-corrected chi connectivity index (χ0v) is 11.7. The van der Waals surface area contributed by atoms with Crippen LogP contribution in [0.3, 0.4) is 0 Å². The standard InChI is InChI=1S/C14H24N2O3/c1-11(17)12-4-2-8-16(10-12)14(19)6-9-15-7-3-5-13(15)18/h11-12,17H,2-10H2,1H3. The van der Waals surface area contributed by atoms with Gasteiger partial charge >= 0.3 is 0 Å². The second-order valence-electron chi connectivity index (χ2n) is 5.72. The van der Waals surface area contributed by atoms with Gasteiger partial charge in [-0.2, -0.15) is 0 Å². The molecule has 19 heavy (non-hydrogen) atoms. The van der Waals surface area contributed by atoms with Crippen LogP contribution >= 0.6 is 0 Å². The minimum atomic E-state index is -0.351. The molecule has 108 valence electrons. The molecule has 0 aliphatic carbocycles. The third-order valence-electron chi connectivity index (χ3n) is 4.26. The van der Waals surface area contributed by atoms with Gasteiger partial charge < -0.3 is 14.9 Å². The maximum absolute atomic E-state index is 12.1. The van der Waals surface area contributed by atoms with Gasteiger partial charge in [-0.3, -0.25) is 9.59 Å². The molecule has 5 nitrogen and oxygen atoms in total. The van der Waals surface area contributed by atoms with Crippen molar-refractivity contribution in [1.82, 2.24) is 9.80 Å². The second kappa shape index (κ2) is 6.37. The fourth-order valence-electron chi connectivity index (χ4n) is 2.96. The first-order chi connectivity index (χ1) is 9.08. The van der Waals surface area contributed by atoms with E-state index in [1.807, 2.05) is 4.90 Å². The van der Waals surface area contributed by atoms with Crippen LogP contribution < -0.4 is 0 Å². The van der Waals surface area contributed by atoms with Gasteiger partial charge in [0.1, 0.15) is 0 Å². The van der Waals surface area contributed by atoms with E-state index in [2.05, 4.69) is 0 Å². The number of aliphatic hydroxyl groups excluding tert-OH is 1. The van der Waals surface area contributed by atoms with E-state index in [4.69, 9.17) is 0 Å². The van der Waals surface area contributed by atoms with Gasteiger partial charge in [-0.25, -0.2) is 0 Å². The number of hydrogen-bond donors (Lipinski definition) is 1. The van der Waals surface area contributed by atoms with E-state index < -0.39 is 0 Å². The average Bonchev–Trinajstić information content (AvgIpc) is 2.81. The molecular weight excluding hydrogens is 244 g/mol. The molecule has 2 heterocycles. The molecule has 0 aromatic carbocycles. The molecule has 0 saturated carbocycles. The number of hydrogen-bond acceptors (Lipinski definition) is 3. The van der Waals surface area contributed by atoms with Crippen LogP contribution in [0.25, 0.3) is 0 Å². The number of rotatable bonds is 4. The Bertz CT molecular complexity index is 344. The quantitative estimate of drug-likeness (QED) is 0.813. The molecule has 2 atom stereocenters. The maximum atomic E-state index is 12.1. The van der Waals surface area contributed by atoms with Crippen molar-refractivity contribution in [3.8, 4) is 0 Å². The molecule has 5 heteroatoms. The molecule has 1 N–H and O–H groups in total. The molecule has 2 rings (SSSR count). The van der Waals surface area contributed by atoms with E-state index in [1.165, 1.54) is 0 Å². The number of amides is 2. The fraction of sp³-hybridized carbons (Fsp3) is 0.857. The molecule has 0 aromatic rings. The van der Waals surface area contributed by atoms with Crippen molar-refractivity contribution in [2.75, 3.05) is 26.2 Å². The Kier molecular flexibility index (Phi) is 4.80. The minimum absolute atomic E-state index is 0.116. The highest BCUT2D eigenvalue weighted by atomic mass is 16.3. The zero-order chi connectivity index (χ0) is 13.8. The van der Waals surface area contributed by atoms with E-state index in [0.717, 1.165) is 32.4 Å². The van der Waals surface area contributed by atoms with Gasteiger partial charge in [0.05, 0.1) is 6.10 Å². The number of carbonyl (C=O) groups is 2. The average molecular weight is 268 g/mol. The Morgan fingerprint density at radius 3 is 2.84 bits per heavy atom. The van der Waals surface area contributed by atoms with Crippen molar-refractivity contribution in [2.24, 2.45) is 5.92 Å².